The number of rotatable bonds is 2. The summed E-state index contributed by atoms with van der Waals surface area (Å²) in [5, 5.41) is 8.41. The molecule has 2 bridgehead atoms. The fourth-order valence-corrected chi connectivity index (χ4v) is 5.65. The molecule has 1 aromatic carbocycles. The monoisotopic (exact) mass is 305 g/mol. The highest BCUT2D eigenvalue weighted by molar-refractivity contribution is 7.92. The van der Waals surface area contributed by atoms with Crippen molar-refractivity contribution in [3.05, 3.63) is 46.8 Å². The molecule has 0 saturated carbocycles. The Morgan fingerprint density at radius 1 is 1.33 bits per heavy atom. The van der Waals surface area contributed by atoms with E-state index in [9.17, 15) is 12.8 Å². The van der Waals surface area contributed by atoms with Crippen LogP contribution < -0.4 is 0 Å². The van der Waals surface area contributed by atoms with Crippen LogP contribution in [0.25, 0.3) is 0 Å². The van der Waals surface area contributed by atoms with Gasteiger partial charge in [0.1, 0.15) is 5.82 Å². The van der Waals surface area contributed by atoms with Gasteiger partial charge in [-0.05, 0) is 49.4 Å². The van der Waals surface area contributed by atoms with Crippen LogP contribution in [-0.2, 0) is 16.3 Å². The smallest absolute Gasteiger partial charge is 0.159 e. The van der Waals surface area contributed by atoms with Gasteiger partial charge in [-0.1, -0.05) is 18.1 Å². The SMILES string of the molecule is N#Cc1ccc(F)cc1CC1=CC2CCCC(C1)S2(=O)=O. The van der Waals surface area contributed by atoms with E-state index in [-0.39, 0.29) is 16.3 Å². The number of hydrogen-bond acceptors (Lipinski definition) is 3. The predicted octanol–water partition coefficient (Wildman–Crippen LogP) is 2.91. The first-order valence-corrected chi connectivity index (χ1v) is 8.72. The second-order valence-electron chi connectivity index (χ2n) is 5.80. The van der Waals surface area contributed by atoms with Crippen LogP contribution in [0.15, 0.2) is 29.8 Å². The molecule has 2 unspecified atom stereocenters. The molecule has 0 spiro atoms. The average Bonchev–Trinajstić information content (AvgIpc) is 2.40. The molecule has 1 fully saturated rings. The molecule has 0 aliphatic carbocycles. The van der Waals surface area contributed by atoms with E-state index >= 15 is 0 Å². The molecule has 0 N–H and O–H groups in total. The lowest BCUT2D eigenvalue weighted by Crippen LogP contribution is -2.39. The van der Waals surface area contributed by atoms with Crippen LogP contribution in [0.3, 0.4) is 0 Å². The van der Waals surface area contributed by atoms with Gasteiger partial charge < -0.3 is 0 Å². The van der Waals surface area contributed by atoms with Gasteiger partial charge in [-0.2, -0.15) is 5.26 Å². The van der Waals surface area contributed by atoms with Gasteiger partial charge >= 0.3 is 0 Å². The summed E-state index contributed by atoms with van der Waals surface area (Å²) in [7, 11) is -3.03. The maximum atomic E-state index is 13.4. The van der Waals surface area contributed by atoms with Gasteiger partial charge in [0.05, 0.1) is 22.1 Å². The van der Waals surface area contributed by atoms with E-state index in [0.717, 1.165) is 12.0 Å². The summed E-state index contributed by atoms with van der Waals surface area (Å²) >= 11 is 0. The Balaban J connectivity index is 1.92. The van der Waals surface area contributed by atoms with Gasteiger partial charge in [0.2, 0.25) is 0 Å². The summed E-state index contributed by atoms with van der Waals surface area (Å²) in [4.78, 5) is 0. The Kier molecular flexibility index (Phi) is 3.58. The second kappa shape index (κ2) is 5.27. The van der Waals surface area contributed by atoms with E-state index in [1.165, 1.54) is 18.2 Å². The summed E-state index contributed by atoms with van der Waals surface area (Å²) in [6, 6.07) is 6.19. The molecule has 5 heteroatoms. The third kappa shape index (κ3) is 2.60. The molecular formula is C16H16FNO2S. The van der Waals surface area contributed by atoms with Crippen molar-refractivity contribution >= 4 is 9.84 Å². The van der Waals surface area contributed by atoms with Crippen molar-refractivity contribution in [2.24, 2.45) is 0 Å². The first-order chi connectivity index (χ1) is 10.0. The minimum absolute atomic E-state index is 0.296. The van der Waals surface area contributed by atoms with Crippen LogP contribution in [0, 0.1) is 17.1 Å². The fourth-order valence-electron chi connectivity index (χ4n) is 3.34. The van der Waals surface area contributed by atoms with Crippen LogP contribution in [-0.4, -0.2) is 18.9 Å². The van der Waals surface area contributed by atoms with Crippen LogP contribution >= 0.6 is 0 Å². The molecule has 0 radical (unpaired) electrons. The van der Waals surface area contributed by atoms with E-state index in [4.69, 9.17) is 5.26 Å². The number of allylic oxidation sites excluding steroid dienone is 1. The maximum absolute atomic E-state index is 13.4. The zero-order chi connectivity index (χ0) is 15.0. The summed E-state index contributed by atoms with van der Waals surface area (Å²) in [5.41, 5.74) is 2.11. The number of sulfone groups is 1. The Bertz CT molecular complexity index is 746. The molecule has 3 nitrogen and oxygen atoms in total. The van der Waals surface area contributed by atoms with E-state index < -0.39 is 9.84 Å². The predicted molar refractivity (Wildman–Crippen MR) is 77.9 cm³/mol. The lowest BCUT2D eigenvalue weighted by atomic mass is 9.92. The van der Waals surface area contributed by atoms with Crippen molar-refractivity contribution < 1.29 is 12.8 Å². The van der Waals surface area contributed by atoms with Crippen LogP contribution in [0.2, 0.25) is 0 Å². The molecule has 1 aromatic rings. The lowest BCUT2D eigenvalue weighted by molar-refractivity contribution is 0.507. The summed E-state index contributed by atoms with van der Waals surface area (Å²) in [6.45, 7) is 0. The molecule has 3 rings (SSSR count). The van der Waals surface area contributed by atoms with Gasteiger partial charge in [-0.15, -0.1) is 0 Å². The van der Waals surface area contributed by atoms with E-state index in [0.29, 0.717) is 36.8 Å². The quantitative estimate of drug-likeness (QED) is 0.789. The third-order valence-corrected chi connectivity index (χ3v) is 6.97. The maximum Gasteiger partial charge on any atom is 0.159 e. The topological polar surface area (TPSA) is 57.9 Å². The highest BCUT2D eigenvalue weighted by Crippen LogP contribution is 2.36. The second-order valence-corrected chi connectivity index (χ2v) is 8.25. The van der Waals surface area contributed by atoms with Crippen molar-refractivity contribution in [1.82, 2.24) is 0 Å². The van der Waals surface area contributed by atoms with E-state index in [1.54, 1.807) is 0 Å². The number of benzene rings is 1. The standard InChI is InChI=1S/C16H16FNO2S/c17-14-5-4-12(10-18)13(9-14)6-11-7-15-2-1-3-16(8-11)21(15,19)20/h4-5,7,9,15-16H,1-3,6,8H2. The minimum Gasteiger partial charge on any atom is -0.228 e. The van der Waals surface area contributed by atoms with Crippen molar-refractivity contribution in [3.8, 4) is 6.07 Å². The Morgan fingerprint density at radius 2 is 2.14 bits per heavy atom. The third-order valence-electron chi connectivity index (χ3n) is 4.42. The van der Waals surface area contributed by atoms with Crippen LogP contribution in [0.4, 0.5) is 4.39 Å². The van der Waals surface area contributed by atoms with E-state index in [2.05, 4.69) is 6.07 Å². The van der Waals surface area contributed by atoms with Gasteiger partial charge in [-0.3, -0.25) is 0 Å². The van der Waals surface area contributed by atoms with Crippen molar-refractivity contribution in [3.63, 3.8) is 0 Å². The molecule has 1 saturated heterocycles. The number of nitriles is 1. The first kappa shape index (κ1) is 14.3. The van der Waals surface area contributed by atoms with Crippen molar-refractivity contribution in [1.29, 1.82) is 5.26 Å². The highest BCUT2D eigenvalue weighted by atomic mass is 32.2. The zero-order valence-corrected chi connectivity index (χ0v) is 12.4. The molecular weight excluding hydrogens is 289 g/mol. The first-order valence-electron chi connectivity index (χ1n) is 7.11. The summed E-state index contributed by atoms with van der Waals surface area (Å²) in [5.74, 6) is -0.367. The van der Waals surface area contributed by atoms with Crippen molar-refractivity contribution in [2.75, 3.05) is 0 Å². The van der Waals surface area contributed by atoms with Gasteiger partial charge in [0.25, 0.3) is 0 Å². The normalized spacial score (nSPS) is 26.8. The molecule has 0 aromatic heterocycles. The summed E-state index contributed by atoms with van der Waals surface area (Å²) < 4.78 is 37.8. The van der Waals surface area contributed by atoms with Crippen LogP contribution in [0.5, 0.6) is 0 Å². The molecule has 0 amide bonds. The lowest BCUT2D eigenvalue weighted by Gasteiger charge is -2.33. The number of fused-ring (bicyclic) bond motifs is 2. The van der Waals surface area contributed by atoms with Crippen molar-refractivity contribution in [2.45, 2.75) is 42.6 Å². The van der Waals surface area contributed by atoms with Gasteiger partial charge in [-0.25, -0.2) is 12.8 Å². The van der Waals surface area contributed by atoms with Gasteiger partial charge in [0.15, 0.2) is 9.84 Å². The Hall–Kier alpha value is -1.67. The molecule has 110 valence electrons. The number of hydrogen-bond donors (Lipinski definition) is 0. The summed E-state index contributed by atoms with van der Waals surface area (Å²) in [6.07, 6.45) is 5.14. The largest absolute Gasteiger partial charge is 0.228 e. The molecule has 2 heterocycles. The Morgan fingerprint density at radius 3 is 2.86 bits per heavy atom. The minimum atomic E-state index is -3.03. The Labute approximate surface area is 124 Å². The number of nitrogens with zero attached hydrogens (tertiary/aromatic N) is 1. The van der Waals surface area contributed by atoms with Gasteiger partial charge in [0, 0.05) is 0 Å². The molecule has 21 heavy (non-hydrogen) atoms. The highest BCUT2D eigenvalue weighted by Gasteiger charge is 2.40. The average molecular weight is 305 g/mol. The van der Waals surface area contributed by atoms with E-state index in [1.807, 2.05) is 6.08 Å². The number of halogens is 1. The molecule has 2 atom stereocenters. The zero-order valence-electron chi connectivity index (χ0n) is 11.5. The molecule has 2 aliphatic rings. The molecule has 2 aliphatic heterocycles. The fraction of sp³-hybridized carbons (Fsp3) is 0.438. The van der Waals surface area contributed by atoms with Crippen LogP contribution in [0.1, 0.15) is 36.8 Å².